The van der Waals surface area contributed by atoms with Crippen LogP contribution < -0.4 is 15.4 Å². The SMILES string of the molecule is CN(c1ccc(S(=O)(=O)NC2CC2)cc1)C(CN)C1CC1. The molecule has 21 heavy (non-hydrogen) atoms. The van der Waals surface area contributed by atoms with Crippen LogP contribution in [-0.2, 0) is 10.0 Å². The van der Waals surface area contributed by atoms with Crippen molar-refractivity contribution in [1.82, 2.24) is 4.72 Å². The second-order valence-corrected chi connectivity index (χ2v) is 7.85. The molecule has 0 aliphatic heterocycles. The minimum Gasteiger partial charge on any atom is -0.370 e. The van der Waals surface area contributed by atoms with E-state index in [0.29, 0.717) is 23.4 Å². The quantitative estimate of drug-likeness (QED) is 0.796. The smallest absolute Gasteiger partial charge is 0.240 e. The molecule has 3 N–H and O–H groups in total. The van der Waals surface area contributed by atoms with Crippen molar-refractivity contribution in [2.45, 2.75) is 42.7 Å². The third-order valence-electron chi connectivity index (χ3n) is 4.36. The molecule has 2 aliphatic rings. The van der Waals surface area contributed by atoms with Crippen molar-refractivity contribution in [2.24, 2.45) is 11.7 Å². The Balaban J connectivity index is 1.73. The van der Waals surface area contributed by atoms with Crippen molar-refractivity contribution in [1.29, 1.82) is 0 Å². The molecule has 2 aliphatic carbocycles. The molecule has 1 unspecified atom stereocenters. The molecule has 116 valence electrons. The van der Waals surface area contributed by atoms with Gasteiger partial charge in [0.15, 0.2) is 0 Å². The Morgan fingerprint density at radius 1 is 1.24 bits per heavy atom. The maximum atomic E-state index is 12.1. The van der Waals surface area contributed by atoms with Crippen LogP contribution in [0.1, 0.15) is 25.7 Å². The zero-order chi connectivity index (χ0) is 15.0. The van der Waals surface area contributed by atoms with E-state index in [-0.39, 0.29) is 6.04 Å². The second kappa shape index (κ2) is 5.59. The van der Waals surface area contributed by atoms with Gasteiger partial charge in [-0.25, -0.2) is 13.1 Å². The number of likely N-dealkylation sites (N-methyl/N-ethyl adjacent to an activating group) is 1. The number of hydrogen-bond donors (Lipinski definition) is 2. The van der Waals surface area contributed by atoms with Crippen LogP contribution in [0.25, 0.3) is 0 Å². The lowest BCUT2D eigenvalue weighted by Gasteiger charge is -2.29. The molecule has 0 amide bonds. The fraction of sp³-hybridized carbons (Fsp3) is 0.600. The Bertz CT molecular complexity index is 592. The summed E-state index contributed by atoms with van der Waals surface area (Å²) in [5.74, 6) is 0.681. The molecule has 1 aromatic rings. The van der Waals surface area contributed by atoms with Crippen molar-refractivity contribution in [3.05, 3.63) is 24.3 Å². The Hall–Kier alpha value is -1.11. The van der Waals surface area contributed by atoms with Gasteiger partial charge in [0.05, 0.1) is 4.90 Å². The third-order valence-corrected chi connectivity index (χ3v) is 5.89. The van der Waals surface area contributed by atoms with E-state index in [0.717, 1.165) is 18.5 Å². The van der Waals surface area contributed by atoms with E-state index >= 15 is 0 Å². The van der Waals surface area contributed by atoms with Gasteiger partial charge in [0.25, 0.3) is 0 Å². The average molecular weight is 309 g/mol. The van der Waals surface area contributed by atoms with E-state index in [9.17, 15) is 8.42 Å². The fourth-order valence-corrected chi connectivity index (χ4v) is 3.99. The van der Waals surface area contributed by atoms with Crippen LogP contribution in [0.2, 0.25) is 0 Å². The lowest BCUT2D eigenvalue weighted by Crippen LogP contribution is -2.39. The van der Waals surface area contributed by atoms with Crippen LogP contribution in [0.15, 0.2) is 29.2 Å². The summed E-state index contributed by atoms with van der Waals surface area (Å²) >= 11 is 0. The van der Waals surface area contributed by atoms with Gasteiger partial charge in [-0.1, -0.05) is 0 Å². The molecular formula is C15H23N3O2S. The standard InChI is InChI=1S/C15H23N3O2S/c1-18(15(10-16)11-2-3-11)13-6-8-14(9-7-13)21(19,20)17-12-4-5-12/h6-9,11-12,15,17H,2-5,10,16H2,1H3. The first kappa shape index (κ1) is 14.8. The molecule has 1 atom stereocenters. The normalized spacial score (nSPS) is 20.3. The van der Waals surface area contributed by atoms with Gasteiger partial charge in [-0.2, -0.15) is 0 Å². The molecule has 0 aromatic heterocycles. The van der Waals surface area contributed by atoms with Crippen molar-refractivity contribution >= 4 is 15.7 Å². The van der Waals surface area contributed by atoms with Gasteiger partial charge in [-0.05, 0) is 55.9 Å². The molecule has 0 spiro atoms. The Labute approximate surface area is 126 Å². The molecule has 5 nitrogen and oxygen atoms in total. The number of sulfonamides is 1. The largest absolute Gasteiger partial charge is 0.370 e. The highest BCUT2D eigenvalue weighted by molar-refractivity contribution is 7.89. The lowest BCUT2D eigenvalue weighted by atomic mass is 10.1. The summed E-state index contributed by atoms with van der Waals surface area (Å²) in [7, 11) is -1.33. The number of nitrogens with zero attached hydrogens (tertiary/aromatic N) is 1. The van der Waals surface area contributed by atoms with Crippen LogP contribution >= 0.6 is 0 Å². The summed E-state index contributed by atoms with van der Waals surface area (Å²) in [6.45, 7) is 0.629. The van der Waals surface area contributed by atoms with Gasteiger partial charge >= 0.3 is 0 Å². The van der Waals surface area contributed by atoms with Gasteiger partial charge in [0.1, 0.15) is 0 Å². The van der Waals surface area contributed by atoms with Gasteiger partial charge in [0.2, 0.25) is 10.0 Å². The first-order valence-electron chi connectivity index (χ1n) is 7.56. The van der Waals surface area contributed by atoms with Gasteiger partial charge in [-0.15, -0.1) is 0 Å². The third kappa shape index (κ3) is 3.39. The maximum Gasteiger partial charge on any atom is 0.240 e. The Morgan fingerprint density at radius 2 is 1.86 bits per heavy atom. The minimum atomic E-state index is -3.36. The number of nitrogens with two attached hydrogens (primary N) is 1. The number of nitrogens with one attached hydrogen (secondary N) is 1. The van der Waals surface area contributed by atoms with Crippen LogP contribution in [0, 0.1) is 5.92 Å². The predicted octanol–water partition coefficient (Wildman–Crippen LogP) is 1.30. The zero-order valence-electron chi connectivity index (χ0n) is 12.3. The first-order chi connectivity index (χ1) is 10.0. The molecule has 1 aromatic carbocycles. The highest BCUT2D eigenvalue weighted by Crippen LogP contribution is 2.36. The molecular weight excluding hydrogens is 286 g/mol. The van der Waals surface area contributed by atoms with Gasteiger partial charge < -0.3 is 10.6 Å². The first-order valence-corrected chi connectivity index (χ1v) is 9.05. The Kier molecular flexibility index (Phi) is 3.94. The summed E-state index contributed by atoms with van der Waals surface area (Å²) in [4.78, 5) is 2.50. The van der Waals surface area contributed by atoms with Crippen molar-refractivity contribution in [3.63, 3.8) is 0 Å². The zero-order valence-corrected chi connectivity index (χ0v) is 13.1. The summed E-state index contributed by atoms with van der Waals surface area (Å²) < 4.78 is 27.0. The molecule has 2 saturated carbocycles. The monoisotopic (exact) mass is 309 g/mol. The highest BCUT2D eigenvalue weighted by atomic mass is 32.2. The van der Waals surface area contributed by atoms with Crippen LogP contribution in [0.3, 0.4) is 0 Å². The van der Waals surface area contributed by atoms with Gasteiger partial charge in [0, 0.05) is 31.4 Å². The van der Waals surface area contributed by atoms with Crippen molar-refractivity contribution in [3.8, 4) is 0 Å². The molecule has 3 rings (SSSR count). The fourth-order valence-electron chi connectivity index (χ4n) is 2.69. The number of rotatable bonds is 7. The maximum absolute atomic E-state index is 12.1. The summed E-state index contributed by atoms with van der Waals surface area (Å²) in [6.07, 6.45) is 4.37. The number of benzene rings is 1. The molecule has 0 radical (unpaired) electrons. The topological polar surface area (TPSA) is 75.4 Å². The van der Waals surface area contributed by atoms with Crippen LogP contribution in [-0.4, -0.2) is 34.1 Å². The van der Waals surface area contributed by atoms with E-state index in [1.807, 2.05) is 19.2 Å². The van der Waals surface area contributed by atoms with Crippen LogP contribution in [0.5, 0.6) is 0 Å². The van der Waals surface area contributed by atoms with E-state index in [4.69, 9.17) is 5.73 Å². The molecule has 2 fully saturated rings. The van der Waals surface area contributed by atoms with Crippen molar-refractivity contribution < 1.29 is 8.42 Å². The molecule has 0 bridgehead atoms. The van der Waals surface area contributed by atoms with E-state index in [1.165, 1.54) is 12.8 Å². The van der Waals surface area contributed by atoms with Crippen LogP contribution in [0.4, 0.5) is 5.69 Å². The summed E-state index contributed by atoms with van der Waals surface area (Å²) in [5, 5.41) is 0. The Morgan fingerprint density at radius 3 is 2.33 bits per heavy atom. The number of anilines is 1. The van der Waals surface area contributed by atoms with E-state index in [1.54, 1.807) is 12.1 Å². The average Bonchev–Trinajstić information content (AvgIpc) is 3.34. The minimum absolute atomic E-state index is 0.133. The second-order valence-electron chi connectivity index (χ2n) is 6.14. The molecule has 0 saturated heterocycles. The highest BCUT2D eigenvalue weighted by Gasteiger charge is 2.33. The predicted molar refractivity (Wildman–Crippen MR) is 83.8 cm³/mol. The van der Waals surface area contributed by atoms with E-state index < -0.39 is 10.0 Å². The summed E-state index contributed by atoms with van der Waals surface area (Å²) in [5.41, 5.74) is 6.88. The van der Waals surface area contributed by atoms with Crippen molar-refractivity contribution in [2.75, 3.05) is 18.5 Å². The van der Waals surface area contributed by atoms with E-state index in [2.05, 4.69) is 9.62 Å². The van der Waals surface area contributed by atoms with Gasteiger partial charge in [-0.3, -0.25) is 0 Å². The number of hydrogen-bond acceptors (Lipinski definition) is 4. The summed E-state index contributed by atoms with van der Waals surface area (Å²) in [6, 6.07) is 7.57. The molecule has 6 heteroatoms. The molecule has 0 heterocycles. The lowest BCUT2D eigenvalue weighted by molar-refractivity contribution is 0.570.